The van der Waals surface area contributed by atoms with Crippen molar-refractivity contribution >= 4 is 0 Å². The number of rotatable bonds is 4. The highest BCUT2D eigenvalue weighted by Gasteiger charge is 2.04. The number of ether oxygens (including phenoxy) is 1. The van der Waals surface area contributed by atoms with Crippen molar-refractivity contribution in [2.75, 3.05) is 6.61 Å². The van der Waals surface area contributed by atoms with E-state index in [0.29, 0.717) is 6.61 Å². The molecule has 1 rings (SSSR count). The van der Waals surface area contributed by atoms with Crippen LogP contribution in [0.5, 0.6) is 5.75 Å². The number of aromatic nitrogens is 1. The van der Waals surface area contributed by atoms with Gasteiger partial charge in [-0.1, -0.05) is 6.92 Å². The highest BCUT2D eigenvalue weighted by atomic mass is 16.5. The number of aryl methyl sites for hydroxylation is 2. The van der Waals surface area contributed by atoms with E-state index >= 15 is 0 Å². The molecule has 1 heterocycles. The maximum atomic E-state index is 9.09. The molecule has 78 valence electrons. The van der Waals surface area contributed by atoms with Gasteiger partial charge in [-0.15, -0.1) is 0 Å². The van der Waals surface area contributed by atoms with Crippen LogP contribution in [0.1, 0.15) is 25.2 Å². The van der Waals surface area contributed by atoms with Crippen molar-refractivity contribution < 1.29 is 9.84 Å². The van der Waals surface area contributed by atoms with Crippen LogP contribution in [0.2, 0.25) is 0 Å². The fraction of sp³-hybridized carbons (Fsp3) is 0.545. The molecule has 0 spiro atoms. The number of aliphatic hydroxyl groups is 1. The first kappa shape index (κ1) is 11.0. The van der Waals surface area contributed by atoms with Gasteiger partial charge in [0.25, 0.3) is 0 Å². The average molecular weight is 195 g/mol. The molecule has 3 heteroatoms. The van der Waals surface area contributed by atoms with Gasteiger partial charge in [-0.3, -0.25) is 4.98 Å². The second kappa shape index (κ2) is 4.96. The lowest BCUT2D eigenvalue weighted by Gasteiger charge is -2.11. The molecular formula is C11H17NO2. The Balaban J connectivity index is 2.75. The average Bonchev–Trinajstić information content (AvgIpc) is 2.15. The SMILES string of the molecule is CCc1nc(C)ccc1OCC(C)O. The van der Waals surface area contributed by atoms with Crippen molar-refractivity contribution in [3.8, 4) is 5.75 Å². The zero-order valence-electron chi connectivity index (χ0n) is 8.95. The van der Waals surface area contributed by atoms with E-state index in [9.17, 15) is 0 Å². The lowest BCUT2D eigenvalue weighted by Crippen LogP contribution is -2.14. The summed E-state index contributed by atoms with van der Waals surface area (Å²) < 4.78 is 5.43. The Morgan fingerprint density at radius 2 is 2.21 bits per heavy atom. The predicted octanol–water partition coefficient (Wildman–Crippen LogP) is 1.71. The smallest absolute Gasteiger partial charge is 0.140 e. The molecule has 0 aliphatic carbocycles. The Hall–Kier alpha value is -1.09. The molecule has 0 aliphatic rings. The number of hydrogen-bond acceptors (Lipinski definition) is 3. The van der Waals surface area contributed by atoms with Crippen LogP contribution < -0.4 is 4.74 Å². The minimum atomic E-state index is -0.444. The Kier molecular flexibility index (Phi) is 3.89. The third-order valence-electron chi connectivity index (χ3n) is 1.89. The van der Waals surface area contributed by atoms with Gasteiger partial charge >= 0.3 is 0 Å². The van der Waals surface area contributed by atoms with E-state index in [1.54, 1.807) is 6.92 Å². The summed E-state index contributed by atoms with van der Waals surface area (Å²) >= 11 is 0. The van der Waals surface area contributed by atoms with Crippen LogP contribution in [0.25, 0.3) is 0 Å². The van der Waals surface area contributed by atoms with Gasteiger partial charge in [0.05, 0.1) is 11.8 Å². The van der Waals surface area contributed by atoms with E-state index in [0.717, 1.165) is 23.6 Å². The molecule has 0 radical (unpaired) electrons. The molecule has 1 atom stereocenters. The minimum absolute atomic E-state index is 0.317. The first-order chi connectivity index (χ1) is 6.63. The third-order valence-corrected chi connectivity index (χ3v) is 1.89. The van der Waals surface area contributed by atoms with Crippen molar-refractivity contribution in [1.29, 1.82) is 0 Å². The summed E-state index contributed by atoms with van der Waals surface area (Å²) in [4.78, 5) is 4.36. The second-order valence-electron chi connectivity index (χ2n) is 3.41. The van der Waals surface area contributed by atoms with Gasteiger partial charge in [-0.25, -0.2) is 0 Å². The topological polar surface area (TPSA) is 42.4 Å². The van der Waals surface area contributed by atoms with Gasteiger partial charge < -0.3 is 9.84 Å². The second-order valence-corrected chi connectivity index (χ2v) is 3.41. The van der Waals surface area contributed by atoms with Crippen molar-refractivity contribution in [3.05, 3.63) is 23.5 Å². The van der Waals surface area contributed by atoms with E-state index in [4.69, 9.17) is 9.84 Å². The molecule has 1 aromatic rings. The van der Waals surface area contributed by atoms with Crippen LogP contribution in [-0.4, -0.2) is 22.8 Å². The molecular weight excluding hydrogens is 178 g/mol. The first-order valence-corrected chi connectivity index (χ1v) is 4.91. The lowest BCUT2D eigenvalue weighted by molar-refractivity contribution is 0.122. The number of nitrogens with zero attached hydrogens (tertiary/aromatic N) is 1. The molecule has 1 N–H and O–H groups in total. The Labute approximate surface area is 84.7 Å². The van der Waals surface area contributed by atoms with E-state index in [1.807, 2.05) is 26.0 Å². The summed E-state index contributed by atoms with van der Waals surface area (Å²) in [5.74, 6) is 0.777. The molecule has 0 aliphatic heterocycles. The minimum Gasteiger partial charge on any atom is -0.489 e. The van der Waals surface area contributed by atoms with Crippen LogP contribution in [0.4, 0.5) is 0 Å². The molecule has 0 fully saturated rings. The molecule has 3 nitrogen and oxygen atoms in total. The van der Waals surface area contributed by atoms with Crippen molar-refractivity contribution in [3.63, 3.8) is 0 Å². The summed E-state index contributed by atoms with van der Waals surface area (Å²) in [6.07, 6.45) is 0.401. The normalized spacial score (nSPS) is 12.6. The molecule has 1 unspecified atom stereocenters. The van der Waals surface area contributed by atoms with E-state index < -0.39 is 6.10 Å². The molecule has 1 aromatic heterocycles. The van der Waals surface area contributed by atoms with Gasteiger partial charge in [0.2, 0.25) is 0 Å². The third kappa shape index (κ3) is 3.00. The first-order valence-electron chi connectivity index (χ1n) is 4.91. The Morgan fingerprint density at radius 3 is 2.79 bits per heavy atom. The van der Waals surface area contributed by atoms with Gasteiger partial charge in [-0.05, 0) is 32.4 Å². The number of aliphatic hydroxyl groups excluding tert-OH is 1. The lowest BCUT2D eigenvalue weighted by atomic mass is 10.2. The summed E-state index contributed by atoms with van der Waals surface area (Å²) in [6, 6.07) is 3.82. The number of pyridine rings is 1. The van der Waals surface area contributed by atoms with Gasteiger partial charge in [-0.2, -0.15) is 0 Å². The van der Waals surface area contributed by atoms with Crippen molar-refractivity contribution in [2.45, 2.75) is 33.3 Å². The van der Waals surface area contributed by atoms with Crippen LogP contribution in [0.15, 0.2) is 12.1 Å². The predicted molar refractivity (Wildman–Crippen MR) is 55.5 cm³/mol. The van der Waals surface area contributed by atoms with Gasteiger partial charge in [0.15, 0.2) is 0 Å². The molecule has 0 bridgehead atoms. The molecule has 0 saturated heterocycles. The fourth-order valence-corrected chi connectivity index (χ4v) is 1.19. The Morgan fingerprint density at radius 1 is 1.50 bits per heavy atom. The monoisotopic (exact) mass is 195 g/mol. The standard InChI is InChI=1S/C11H17NO2/c1-4-10-11(14-7-9(3)13)6-5-8(2)12-10/h5-6,9,13H,4,7H2,1-3H3. The Bertz CT molecular complexity index is 297. The molecule has 0 saturated carbocycles. The summed E-state index contributed by atoms with van der Waals surface area (Å²) in [7, 11) is 0. The van der Waals surface area contributed by atoms with Crippen molar-refractivity contribution in [1.82, 2.24) is 4.98 Å². The van der Waals surface area contributed by atoms with Crippen LogP contribution in [-0.2, 0) is 6.42 Å². The van der Waals surface area contributed by atoms with E-state index in [2.05, 4.69) is 4.98 Å². The quantitative estimate of drug-likeness (QED) is 0.795. The maximum Gasteiger partial charge on any atom is 0.140 e. The van der Waals surface area contributed by atoms with E-state index in [1.165, 1.54) is 0 Å². The summed E-state index contributed by atoms with van der Waals surface area (Å²) in [5, 5.41) is 9.09. The number of hydrogen-bond donors (Lipinski definition) is 1. The molecule has 0 aromatic carbocycles. The van der Waals surface area contributed by atoms with Crippen LogP contribution in [0, 0.1) is 6.92 Å². The highest BCUT2D eigenvalue weighted by Crippen LogP contribution is 2.17. The summed E-state index contributed by atoms with van der Waals surface area (Å²) in [5.41, 5.74) is 1.94. The van der Waals surface area contributed by atoms with Crippen LogP contribution in [0.3, 0.4) is 0 Å². The van der Waals surface area contributed by atoms with Crippen LogP contribution >= 0.6 is 0 Å². The highest BCUT2D eigenvalue weighted by molar-refractivity contribution is 5.29. The summed E-state index contributed by atoms with van der Waals surface area (Å²) in [6.45, 7) is 6.01. The zero-order chi connectivity index (χ0) is 10.6. The molecule has 0 amide bonds. The van der Waals surface area contributed by atoms with Gasteiger partial charge in [0, 0.05) is 5.69 Å². The molecule has 14 heavy (non-hydrogen) atoms. The van der Waals surface area contributed by atoms with Crippen molar-refractivity contribution in [2.24, 2.45) is 0 Å². The fourth-order valence-electron chi connectivity index (χ4n) is 1.19. The zero-order valence-corrected chi connectivity index (χ0v) is 8.95. The van der Waals surface area contributed by atoms with Gasteiger partial charge in [0.1, 0.15) is 12.4 Å². The maximum absolute atomic E-state index is 9.09. The largest absolute Gasteiger partial charge is 0.489 e. The van der Waals surface area contributed by atoms with E-state index in [-0.39, 0.29) is 0 Å².